The number of phenols is 1. The third-order valence-electron chi connectivity index (χ3n) is 7.03. The van der Waals surface area contributed by atoms with Gasteiger partial charge in [-0.2, -0.15) is 0 Å². The van der Waals surface area contributed by atoms with Gasteiger partial charge in [-0.05, 0) is 59.8 Å². The van der Waals surface area contributed by atoms with Crippen molar-refractivity contribution in [3.8, 4) is 11.5 Å². The molecule has 0 aliphatic carbocycles. The smallest absolute Gasteiger partial charge is 0.329 e. The Kier molecular flexibility index (Phi) is 11.8. The summed E-state index contributed by atoms with van der Waals surface area (Å²) in [5.74, 6) is -0.0835. The van der Waals surface area contributed by atoms with E-state index in [4.69, 9.17) is 14.6 Å². The predicted molar refractivity (Wildman–Crippen MR) is 184 cm³/mol. The number of carboxylic acids is 1. The summed E-state index contributed by atoms with van der Waals surface area (Å²) in [5.41, 5.74) is 2.77. The highest BCUT2D eigenvalue weighted by molar-refractivity contribution is 8.18. The summed E-state index contributed by atoms with van der Waals surface area (Å²) >= 11 is 3.54. The minimum absolute atomic E-state index is 0.150. The molecule has 0 spiro atoms. The summed E-state index contributed by atoms with van der Waals surface area (Å²) in [7, 11) is 0. The number of carbonyl (C=O) groups is 2. The summed E-state index contributed by atoms with van der Waals surface area (Å²) in [6, 6.07) is 8.55. The highest BCUT2D eigenvalue weighted by Gasteiger charge is 2.33. The lowest BCUT2D eigenvalue weighted by Crippen LogP contribution is -2.29. The predicted octanol–water partition coefficient (Wildman–Crippen LogP) is 9.25. The van der Waals surface area contributed by atoms with Crippen LogP contribution in [0.5, 0.6) is 11.5 Å². The molecule has 0 saturated heterocycles. The van der Waals surface area contributed by atoms with Crippen molar-refractivity contribution in [3.63, 3.8) is 0 Å². The van der Waals surface area contributed by atoms with Crippen molar-refractivity contribution < 1.29 is 29.3 Å². The summed E-state index contributed by atoms with van der Waals surface area (Å²) in [6.45, 7) is 29.2. The molecule has 2 aromatic rings. The maximum atomic E-state index is 12.0. The first-order valence-electron chi connectivity index (χ1n) is 15.1. The van der Waals surface area contributed by atoms with Crippen molar-refractivity contribution in [1.29, 1.82) is 0 Å². The van der Waals surface area contributed by atoms with Gasteiger partial charge in [0.15, 0.2) is 12.4 Å². The van der Waals surface area contributed by atoms with Gasteiger partial charge in [-0.25, -0.2) is 4.79 Å². The quantitative estimate of drug-likeness (QED) is 0.142. The van der Waals surface area contributed by atoms with Crippen LogP contribution in [0.25, 0.3) is 0 Å². The number of rotatable bonds is 11. The number of thioether (sulfide) groups is 2. The maximum absolute atomic E-state index is 12.0. The Morgan fingerprint density at radius 2 is 1.09 bits per heavy atom. The van der Waals surface area contributed by atoms with E-state index in [1.807, 2.05) is 0 Å². The van der Waals surface area contributed by atoms with Crippen molar-refractivity contribution in [2.45, 2.75) is 139 Å². The van der Waals surface area contributed by atoms with Crippen LogP contribution in [-0.4, -0.2) is 45.9 Å². The van der Waals surface area contributed by atoms with E-state index in [1.54, 1.807) is 23.5 Å². The van der Waals surface area contributed by atoms with Crippen LogP contribution in [0, 0.1) is 0 Å². The molecular weight excluding hydrogens is 593 g/mol. The Hall–Kier alpha value is -2.16. The number of hydrogen-bond acceptors (Lipinski definition) is 7. The normalized spacial score (nSPS) is 14.0. The lowest BCUT2D eigenvalue weighted by Gasteiger charge is -2.33. The third kappa shape index (κ3) is 10.4. The van der Waals surface area contributed by atoms with Gasteiger partial charge < -0.3 is 19.7 Å². The van der Waals surface area contributed by atoms with Crippen LogP contribution in [0.4, 0.5) is 0 Å². The number of hydrogen-bond donors (Lipinski definition) is 2. The fourth-order valence-corrected chi connectivity index (χ4v) is 7.40. The number of aldehydes is 1. The van der Waals surface area contributed by atoms with Crippen LogP contribution >= 0.6 is 23.5 Å². The van der Waals surface area contributed by atoms with Gasteiger partial charge >= 0.3 is 5.97 Å². The molecule has 6 nitrogen and oxygen atoms in total. The Labute approximate surface area is 274 Å². The average molecular weight is 647 g/mol. The second-order valence-electron chi connectivity index (χ2n) is 16.0. The van der Waals surface area contributed by atoms with E-state index < -0.39 is 18.7 Å². The molecule has 8 heteroatoms. The first kappa shape index (κ1) is 38.0. The number of ether oxygens (including phenoxy) is 2. The fraction of sp³-hybridized carbons (Fsp3) is 0.611. The zero-order chi connectivity index (χ0) is 34.1. The standard InChI is InChI=1S/C36H54O6S2/c1-32(2,3)25-15-23(16-26(30(25)40)33(4,5)6)43-36(13,14)44-24-17-27(34(7,8)9)31(28(18-24)35(10,11)12)42-22(19-37)20-41-21-29(38)39/h15-19,22,40H,20-21H2,1-14H3,(H,38,39). The van der Waals surface area contributed by atoms with Crippen molar-refractivity contribution in [3.05, 3.63) is 46.5 Å². The first-order chi connectivity index (χ1) is 19.8. The SMILES string of the molecule is CC(C)(Sc1cc(C(C)(C)C)c(O)c(C(C)(C)C)c1)Sc1cc(C(C)(C)C)c(OC(C=O)COCC(=O)O)c(C(C)(C)C)c1. The minimum Gasteiger partial charge on any atom is -0.507 e. The van der Waals surface area contributed by atoms with E-state index in [0.29, 0.717) is 17.8 Å². The second-order valence-corrected chi connectivity index (χ2v) is 19.7. The fourth-order valence-electron chi connectivity index (χ4n) is 4.82. The molecule has 0 aliphatic heterocycles. The lowest BCUT2D eigenvalue weighted by molar-refractivity contribution is -0.143. The van der Waals surface area contributed by atoms with Gasteiger partial charge in [-0.3, -0.25) is 4.79 Å². The molecule has 44 heavy (non-hydrogen) atoms. The van der Waals surface area contributed by atoms with Crippen molar-refractivity contribution in [1.82, 2.24) is 0 Å². The van der Waals surface area contributed by atoms with Crippen molar-refractivity contribution in [2.75, 3.05) is 13.2 Å². The lowest BCUT2D eigenvalue weighted by atomic mass is 9.79. The van der Waals surface area contributed by atoms with Gasteiger partial charge in [0.2, 0.25) is 0 Å². The monoisotopic (exact) mass is 646 g/mol. The number of carbonyl (C=O) groups excluding carboxylic acids is 1. The van der Waals surface area contributed by atoms with Crippen LogP contribution in [0.3, 0.4) is 0 Å². The largest absolute Gasteiger partial charge is 0.507 e. The zero-order valence-electron chi connectivity index (χ0n) is 29.2. The summed E-state index contributed by atoms with van der Waals surface area (Å²) in [4.78, 5) is 25.1. The van der Waals surface area contributed by atoms with Crippen LogP contribution in [-0.2, 0) is 36.0 Å². The number of benzene rings is 2. The Morgan fingerprint density at radius 1 is 0.727 bits per heavy atom. The molecule has 0 heterocycles. The van der Waals surface area contributed by atoms with Crippen molar-refractivity contribution >= 4 is 35.8 Å². The molecule has 2 rings (SSSR count). The Morgan fingerprint density at radius 3 is 1.41 bits per heavy atom. The van der Waals surface area contributed by atoms with E-state index in [9.17, 15) is 14.7 Å². The molecule has 0 fully saturated rings. The molecule has 0 aromatic heterocycles. The third-order valence-corrected chi connectivity index (χ3v) is 9.46. The maximum Gasteiger partial charge on any atom is 0.329 e. The molecule has 246 valence electrons. The van der Waals surface area contributed by atoms with Crippen LogP contribution < -0.4 is 4.74 Å². The zero-order valence-corrected chi connectivity index (χ0v) is 30.9. The summed E-state index contributed by atoms with van der Waals surface area (Å²) < 4.78 is 11.2. The molecule has 0 saturated carbocycles. The molecule has 0 bridgehead atoms. The number of aromatic hydroxyl groups is 1. The average Bonchev–Trinajstić information content (AvgIpc) is 2.81. The molecule has 2 aromatic carbocycles. The van der Waals surface area contributed by atoms with Gasteiger partial charge in [0.1, 0.15) is 18.1 Å². The van der Waals surface area contributed by atoms with Gasteiger partial charge in [-0.1, -0.05) is 83.1 Å². The van der Waals surface area contributed by atoms with Crippen molar-refractivity contribution in [2.24, 2.45) is 0 Å². The summed E-state index contributed by atoms with van der Waals surface area (Å²) in [5, 5.41) is 20.2. The first-order valence-corrected chi connectivity index (χ1v) is 16.8. The van der Waals surface area contributed by atoms with E-state index in [1.165, 1.54) is 0 Å². The highest BCUT2D eigenvalue weighted by Crippen LogP contribution is 2.51. The molecule has 0 aliphatic rings. The molecule has 0 radical (unpaired) electrons. The molecular formula is C36H54O6S2. The van der Waals surface area contributed by atoms with E-state index in [-0.39, 0.29) is 32.3 Å². The van der Waals surface area contributed by atoms with Crippen LogP contribution in [0.2, 0.25) is 0 Å². The van der Waals surface area contributed by atoms with Gasteiger partial charge in [0.25, 0.3) is 0 Å². The van der Waals surface area contributed by atoms with Crippen LogP contribution in [0.15, 0.2) is 34.1 Å². The molecule has 0 amide bonds. The Balaban J connectivity index is 2.61. The molecule has 1 unspecified atom stereocenters. The number of aliphatic carboxylic acids is 1. The molecule has 1 atom stereocenters. The van der Waals surface area contributed by atoms with Gasteiger partial charge in [0.05, 0.1) is 10.7 Å². The van der Waals surface area contributed by atoms with Crippen LogP contribution in [0.1, 0.15) is 119 Å². The second kappa shape index (κ2) is 13.7. The summed E-state index contributed by atoms with van der Waals surface area (Å²) in [6.07, 6.45) is -0.274. The Bertz CT molecular complexity index is 1260. The van der Waals surface area contributed by atoms with E-state index >= 15 is 0 Å². The topological polar surface area (TPSA) is 93.1 Å². The van der Waals surface area contributed by atoms with Gasteiger partial charge in [0, 0.05) is 32.0 Å². The van der Waals surface area contributed by atoms with E-state index in [2.05, 4.69) is 121 Å². The number of carboxylic acid groups (broad SMARTS) is 1. The van der Waals surface area contributed by atoms with Gasteiger partial charge in [-0.15, -0.1) is 23.5 Å². The van der Waals surface area contributed by atoms with E-state index in [0.717, 1.165) is 32.0 Å². The number of phenolic OH excluding ortho intramolecular Hbond substituents is 1. The molecule has 2 N–H and O–H groups in total. The highest BCUT2D eigenvalue weighted by atomic mass is 32.2. The minimum atomic E-state index is -1.10.